The number of halogens is 5. The summed E-state index contributed by atoms with van der Waals surface area (Å²) in [5.41, 5.74) is 10.9. The van der Waals surface area contributed by atoms with Crippen LogP contribution in [-0.2, 0) is 18.0 Å². The number of hydrogen-bond acceptors (Lipinski definition) is 7. The molecule has 0 radical (unpaired) electrons. The van der Waals surface area contributed by atoms with E-state index in [0.29, 0.717) is 24.6 Å². The summed E-state index contributed by atoms with van der Waals surface area (Å²) in [4.78, 5) is 17.0. The molecule has 1 aromatic carbocycles. The molecule has 1 aliphatic rings. The number of nitrogens with zero attached hydrogens (tertiary/aromatic N) is 3. The second-order valence-electron chi connectivity index (χ2n) is 8.02. The average Bonchev–Trinajstić information content (AvgIpc) is 3.30. The number of nitrogens with one attached hydrogen (secondary N) is 1. The summed E-state index contributed by atoms with van der Waals surface area (Å²) in [5, 5.41) is 6.65. The van der Waals surface area contributed by atoms with Crippen molar-refractivity contribution < 1.29 is 31.5 Å². The van der Waals surface area contributed by atoms with Gasteiger partial charge in [0.05, 0.1) is 29.7 Å². The van der Waals surface area contributed by atoms with Crippen molar-refractivity contribution in [3.63, 3.8) is 0 Å². The quantitative estimate of drug-likeness (QED) is 0.450. The van der Waals surface area contributed by atoms with Crippen LogP contribution >= 0.6 is 11.3 Å². The summed E-state index contributed by atoms with van der Waals surface area (Å²) in [6.45, 7) is -0.203. The minimum atomic E-state index is -4.70. The second kappa shape index (κ2) is 9.51. The summed E-state index contributed by atoms with van der Waals surface area (Å²) in [6, 6.07) is 1.35. The van der Waals surface area contributed by atoms with Gasteiger partial charge < -0.3 is 21.5 Å². The molecule has 0 bridgehead atoms. The lowest BCUT2D eigenvalue weighted by atomic mass is 10.0. The number of aromatic nitrogens is 3. The molecule has 2 aromatic heterocycles. The molecule has 35 heavy (non-hydrogen) atoms. The first-order valence-electron chi connectivity index (χ1n) is 10.4. The van der Waals surface area contributed by atoms with E-state index < -0.39 is 41.8 Å². The Bertz CT molecular complexity index is 1230. The van der Waals surface area contributed by atoms with E-state index in [1.807, 2.05) is 0 Å². The Kier molecular flexibility index (Phi) is 6.79. The normalized spacial score (nSPS) is 21.1. The smallest absolute Gasteiger partial charge is 0.389 e. The van der Waals surface area contributed by atoms with Crippen molar-refractivity contribution in [2.24, 2.45) is 12.8 Å². The molecule has 1 amide bonds. The monoisotopic (exact) mass is 516 g/mol. The van der Waals surface area contributed by atoms with Gasteiger partial charge in [0.1, 0.15) is 28.1 Å². The highest BCUT2D eigenvalue weighted by atomic mass is 32.1. The summed E-state index contributed by atoms with van der Waals surface area (Å²) in [5.74, 6) is -1.88. The zero-order valence-corrected chi connectivity index (χ0v) is 19.1. The highest BCUT2D eigenvalue weighted by molar-refractivity contribution is 7.19. The summed E-state index contributed by atoms with van der Waals surface area (Å²) in [7, 11) is 1.63. The van der Waals surface area contributed by atoms with E-state index in [9.17, 15) is 26.7 Å². The van der Waals surface area contributed by atoms with Gasteiger partial charge in [-0.05, 0) is 31.0 Å². The lowest BCUT2D eigenvalue weighted by Crippen LogP contribution is -2.32. The molecule has 8 nitrogen and oxygen atoms in total. The molecule has 0 unspecified atom stereocenters. The van der Waals surface area contributed by atoms with E-state index >= 15 is 0 Å². The van der Waals surface area contributed by atoms with Crippen molar-refractivity contribution in [1.82, 2.24) is 14.8 Å². The molecule has 4 rings (SSSR count). The number of nitrogen functional groups attached to an aromatic ring is 1. The zero-order valence-electron chi connectivity index (χ0n) is 18.3. The lowest BCUT2D eigenvalue weighted by molar-refractivity contribution is -0.137. The Morgan fingerprint density at radius 1 is 1.31 bits per heavy atom. The molecule has 5 N–H and O–H groups in total. The van der Waals surface area contributed by atoms with Gasteiger partial charge in [-0.25, -0.2) is 13.8 Å². The fourth-order valence-corrected chi connectivity index (χ4v) is 4.59. The molecule has 3 heterocycles. The molecule has 0 aliphatic carbocycles. The predicted octanol–water partition coefficient (Wildman–Crippen LogP) is 4.05. The second-order valence-corrected chi connectivity index (χ2v) is 9.06. The Hall–Kier alpha value is -3.10. The van der Waals surface area contributed by atoms with Gasteiger partial charge in [0.25, 0.3) is 5.91 Å². The van der Waals surface area contributed by atoms with Gasteiger partial charge in [0.15, 0.2) is 5.69 Å². The molecule has 1 aliphatic heterocycles. The SMILES string of the molecule is Cn1ncc(NC(=O)c2nc(-c3ccc(C(F)(F)F)cc3F)sc2N)c1[C@@H]1CC[C@@H](N)[C@@H](F)CO1. The number of amides is 1. The van der Waals surface area contributed by atoms with Crippen molar-refractivity contribution in [3.05, 3.63) is 47.2 Å². The van der Waals surface area contributed by atoms with Crippen molar-refractivity contribution in [3.8, 4) is 10.6 Å². The van der Waals surface area contributed by atoms with Gasteiger partial charge in [-0.3, -0.25) is 9.48 Å². The maximum Gasteiger partial charge on any atom is 0.416 e. The highest BCUT2D eigenvalue weighted by Gasteiger charge is 2.32. The van der Waals surface area contributed by atoms with E-state index in [-0.39, 0.29) is 33.6 Å². The third-order valence-corrected chi connectivity index (χ3v) is 6.53. The van der Waals surface area contributed by atoms with Crippen LogP contribution in [0, 0.1) is 5.82 Å². The average molecular weight is 516 g/mol. The molecule has 188 valence electrons. The van der Waals surface area contributed by atoms with Crippen LogP contribution in [0.25, 0.3) is 10.6 Å². The van der Waals surface area contributed by atoms with Gasteiger partial charge >= 0.3 is 6.18 Å². The Labute approximate surface area is 200 Å². The number of ether oxygens (including phenoxy) is 1. The summed E-state index contributed by atoms with van der Waals surface area (Å²) >= 11 is 0.758. The molecule has 0 spiro atoms. The van der Waals surface area contributed by atoms with Crippen LogP contribution in [0.4, 0.5) is 32.6 Å². The predicted molar refractivity (Wildman–Crippen MR) is 119 cm³/mol. The van der Waals surface area contributed by atoms with Gasteiger partial charge in [-0.2, -0.15) is 18.3 Å². The van der Waals surface area contributed by atoms with E-state index in [2.05, 4.69) is 15.4 Å². The standard InChI is InChI=1S/C21H21F5N6O2S/c1-32-17(15-5-4-13(27)12(23)8-34-15)14(7-29-32)30-19(33)16-18(28)35-20(31-16)10-3-2-9(6-11(10)22)21(24,25)26/h2-3,6-7,12-13,15H,4-5,8,27-28H2,1H3,(H,30,33)/t12-,13+,15-/m0/s1. The van der Waals surface area contributed by atoms with E-state index in [4.69, 9.17) is 16.2 Å². The van der Waals surface area contributed by atoms with Crippen LogP contribution in [0.1, 0.15) is 40.7 Å². The highest BCUT2D eigenvalue weighted by Crippen LogP contribution is 2.37. The van der Waals surface area contributed by atoms with Crippen LogP contribution in [0.3, 0.4) is 0 Å². The minimum absolute atomic E-state index is 0.0552. The first-order valence-corrected chi connectivity index (χ1v) is 11.2. The molecule has 14 heteroatoms. The fourth-order valence-electron chi connectivity index (χ4n) is 3.74. The van der Waals surface area contributed by atoms with Gasteiger partial charge in [-0.1, -0.05) is 11.3 Å². The number of alkyl halides is 4. The fraction of sp³-hybridized carbons (Fsp3) is 0.381. The van der Waals surface area contributed by atoms with Crippen molar-refractivity contribution in [2.45, 2.75) is 37.3 Å². The number of rotatable bonds is 4. The largest absolute Gasteiger partial charge is 0.416 e. The molecule has 1 saturated heterocycles. The van der Waals surface area contributed by atoms with Crippen LogP contribution in [0.5, 0.6) is 0 Å². The molecule has 0 saturated carbocycles. The first kappa shape index (κ1) is 25.0. The molecular formula is C21H21F5N6O2S. The van der Waals surface area contributed by atoms with E-state index in [1.54, 1.807) is 7.05 Å². The van der Waals surface area contributed by atoms with E-state index in [1.165, 1.54) is 10.9 Å². The van der Waals surface area contributed by atoms with Gasteiger partial charge in [-0.15, -0.1) is 0 Å². The number of carbonyl (C=O) groups is 1. The summed E-state index contributed by atoms with van der Waals surface area (Å²) < 4.78 is 73.9. The molecule has 3 aromatic rings. The van der Waals surface area contributed by atoms with Crippen molar-refractivity contribution in [1.29, 1.82) is 0 Å². The van der Waals surface area contributed by atoms with Crippen molar-refractivity contribution in [2.75, 3.05) is 17.7 Å². The number of benzene rings is 1. The van der Waals surface area contributed by atoms with E-state index in [0.717, 1.165) is 23.5 Å². The first-order chi connectivity index (χ1) is 16.5. The maximum atomic E-state index is 14.4. The molecule has 1 fully saturated rings. The molecular weight excluding hydrogens is 495 g/mol. The number of nitrogens with two attached hydrogens (primary N) is 2. The third-order valence-electron chi connectivity index (χ3n) is 5.62. The zero-order chi connectivity index (χ0) is 25.5. The number of carbonyl (C=O) groups excluding carboxylic acids is 1. The Morgan fingerprint density at radius 3 is 2.74 bits per heavy atom. The van der Waals surface area contributed by atoms with Gasteiger partial charge in [0, 0.05) is 18.7 Å². The Morgan fingerprint density at radius 2 is 2.06 bits per heavy atom. The van der Waals surface area contributed by atoms with Crippen LogP contribution in [0.15, 0.2) is 24.4 Å². The number of hydrogen-bond donors (Lipinski definition) is 3. The number of aryl methyl sites for hydroxylation is 1. The topological polar surface area (TPSA) is 121 Å². The lowest BCUT2D eigenvalue weighted by Gasteiger charge is -2.17. The minimum Gasteiger partial charge on any atom is -0.389 e. The van der Waals surface area contributed by atoms with Gasteiger partial charge in [0.2, 0.25) is 0 Å². The van der Waals surface area contributed by atoms with Crippen LogP contribution in [0.2, 0.25) is 0 Å². The third kappa shape index (κ3) is 5.13. The van der Waals surface area contributed by atoms with Crippen LogP contribution < -0.4 is 16.8 Å². The number of thiazole rings is 1. The van der Waals surface area contributed by atoms with Crippen LogP contribution in [-0.4, -0.2) is 39.5 Å². The maximum absolute atomic E-state index is 14.4. The number of anilines is 2. The van der Waals surface area contributed by atoms with Crippen molar-refractivity contribution >= 4 is 27.9 Å². The Balaban J connectivity index is 1.57. The molecule has 3 atom stereocenters. The summed E-state index contributed by atoms with van der Waals surface area (Å²) in [6.07, 6.45) is -4.44.